The van der Waals surface area contributed by atoms with Crippen molar-refractivity contribution in [2.75, 3.05) is 13.1 Å². The van der Waals surface area contributed by atoms with E-state index in [1.165, 1.54) is 0 Å². The third kappa shape index (κ3) is 4.20. The van der Waals surface area contributed by atoms with Gasteiger partial charge in [-0.2, -0.15) is 0 Å². The predicted molar refractivity (Wildman–Crippen MR) is 99.3 cm³/mol. The molecule has 0 bridgehead atoms. The van der Waals surface area contributed by atoms with Crippen molar-refractivity contribution in [2.24, 2.45) is 0 Å². The second-order valence-corrected chi connectivity index (χ2v) is 6.56. The molecule has 138 valence electrons. The van der Waals surface area contributed by atoms with Crippen LogP contribution in [-0.2, 0) is 11.3 Å². The second kappa shape index (κ2) is 8.09. The molecule has 1 amide bonds. The number of amides is 1. The van der Waals surface area contributed by atoms with E-state index in [0.29, 0.717) is 18.7 Å². The summed E-state index contributed by atoms with van der Waals surface area (Å²) in [5.74, 6) is 0.0384. The second-order valence-electron chi connectivity index (χ2n) is 6.56. The molecule has 1 aliphatic rings. The summed E-state index contributed by atoms with van der Waals surface area (Å²) in [6.45, 7) is 1.84. The summed E-state index contributed by atoms with van der Waals surface area (Å²) >= 11 is 0. The van der Waals surface area contributed by atoms with Gasteiger partial charge in [-0.1, -0.05) is 6.07 Å². The van der Waals surface area contributed by atoms with Gasteiger partial charge in [-0.3, -0.25) is 14.3 Å². The third-order valence-electron chi connectivity index (χ3n) is 4.69. The number of hydrogen-bond acceptors (Lipinski definition) is 5. The molecule has 0 spiro atoms. The maximum atomic E-state index is 12.8. The molecule has 0 saturated carbocycles. The summed E-state index contributed by atoms with van der Waals surface area (Å²) in [7, 11) is 0. The molecule has 1 saturated heterocycles. The molecule has 0 radical (unpaired) electrons. The number of ether oxygens (including phenoxy) is 1. The van der Waals surface area contributed by atoms with Crippen LogP contribution in [0, 0.1) is 0 Å². The Hall–Kier alpha value is -3.06. The fraction of sp³-hybridized carbons (Fsp3) is 0.300. The Bertz CT molecular complexity index is 865. The van der Waals surface area contributed by atoms with E-state index in [1.54, 1.807) is 23.4 Å². The van der Waals surface area contributed by atoms with Crippen LogP contribution >= 0.6 is 0 Å². The lowest BCUT2D eigenvalue weighted by Gasteiger charge is -2.32. The topological polar surface area (TPSA) is 73.1 Å². The molecule has 3 aromatic rings. The van der Waals surface area contributed by atoms with Crippen molar-refractivity contribution >= 4 is 5.91 Å². The molecule has 4 rings (SSSR count). The zero-order valence-corrected chi connectivity index (χ0v) is 14.9. The number of carbonyl (C=O) groups excluding carboxylic acids is 1. The Morgan fingerprint density at radius 3 is 2.67 bits per heavy atom. The lowest BCUT2D eigenvalue weighted by molar-refractivity contribution is -0.00785. The molecule has 7 nitrogen and oxygen atoms in total. The zero-order valence-electron chi connectivity index (χ0n) is 14.9. The average Bonchev–Trinajstić information content (AvgIpc) is 3.28. The number of piperidine rings is 1. The first kappa shape index (κ1) is 17.4. The van der Waals surface area contributed by atoms with Crippen LogP contribution in [-0.4, -0.2) is 49.7 Å². The Morgan fingerprint density at radius 2 is 1.93 bits per heavy atom. The molecular weight excluding hydrogens is 342 g/mol. The van der Waals surface area contributed by atoms with Crippen LogP contribution in [0.5, 0.6) is 0 Å². The number of carbonyl (C=O) groups is 1. The summed E-state index contributed by atoms with van der Waals surface area (Å²) in [6, 6.07) is 13.3. The molecule has 1 fully saturated rings. The Morgan fingerprint density at radius 1 is 1.11 bits per heavy atom. The average molecular weight is 363 g/mol. The monoisotopic (exact) mass is 363 g/mol. The molecule has 1 atom stereocenters. The fourth-order valence-electron chi connectivity index (χ4n) is 3.24. The molecule has 2 aromatic heterocycles. The van der Waals surface area contributed by atoms with Crippen molar-refractivity contribution in [2.45, 2.75) is 25.6 Å². The van der Waals surface area contributed by atoms with Gasteiger partial charge >= 0.3 is 0 Å². The van der Waals surface area contributed by atoms with Gasteiger partial charge in [0.2, 0.25) is 0 Å². The van der Waals surface area contributed by atoms with E-state index in [-0.39, 0.29) is 12.0 Å². The molecular formula is C20H21N5O2. The van der Waals surface area contributed by atoms with E-state index in [2.05, 4.69) is 15.2 Å². The smallest absolute Gasteiger partial charge is 0.253 e. The SMILES string of the molecule is O=C(c1ccc(-n2cnnc2)cc1)N1CCCC(OCc2ccccn2)C1. The minimum absolute atomic E-state index is 0.0384. The summed E-state index contributed by atoms with van der Waals surface area (Å²) in [5, 5.41) is 7.59. The molecule has 0 aliphatic carbocycles. The van der Waals surface area contributed by atoms with E-state index < -0.39 is 0 Å². The van der Waals surface area contributed by atoms with Crippen LogP contribution in [0.3, 0.4) is 0 Å². The normalized spacial score (nSPS) is 17.0. The first-order valence-electron chi connectivity index (χ1n) is 9.05. The van der Waals surface area contributed by atoms with Gasteiger partial charge in [0.1, 0.15) is 12.7 Å². The lowest BCUT2D eigenvalue weighted by Crippen LogP contribution is -2.43. The van der Waals surface area contributed by atoms with Crippen LogP contribution in [0.4, 0.5) is 0 Å². The van der Waals surface area contributed by atoms with Crippen molar-refractivity contribution in [3.05, 3.63) is 72.6 Å². The predicted octanol–water partition coefficient (Wildman–Crippen LogP) is 2.48. The minimum Gasteiger partial charge on any atom is -0.370 e. The molecule has 1 aromatic carbocycles. The van der Waals surface area contributed by atoms with Crippen LogP contribution < -0.4 is 0 Å². The number of nitrogens with zero attached hydrogens (tertiary/aromatic N) is 5. The lowest BCUT2D eigenvalue weighted by atomic mass is 10.1. The van der Waals surface area contributed by atoms with Crippen LogP contribution in [0.15, 0.2) is 61.3 Å². The van der Waals surface area contributed by atoms with Crippen molar-refractivity contribution in [1.29, 1.82) is 0 Å². The van der Waals surface area contributed by atoms with Gasteiger partial charge in [0.25, 0.3) is 5.91 Å². The quantitative estimate of drug-likeness (QED) is 0.696. The number of hydrogen-bond donors (Lipinski definition) is 0. The highest BCUT2D eigenvalue weighted by atomic mass is 16.5. The number of rotatable bonds is 5. The summed E-state index contributed by atoms with van der Waals surface area (Å²) < 4.78 is 7.78. The van der Waals surface area contributed by atoms with Gasteiger partial charge in [0.15, 0.2) is 0 Å². The largest absolute Gasteiger partial charge is 0.370 e. The summed E-state index contributed by atoms with van der Waals surface area (Å²) in [6.07, 6.45) is 6.97. The van der Waals surface area contributed by atoms with Gasteiger partial charge in [0, 0.05) is 30.5 Å². The molecule has 1 unspecified atom stereocenters. The van der Waals surface area contributed by atoms with Crippen molar-refractivity contribution in [1.82, 2.24) is 24.6 Å². The van der Waals surface area contributed by atoms with Gasteiger partial charge in [-0.05, 0) is 49.2 Å². The maximum Gasteiger partial charge on any atom is 0.253 e. The Kier molecular flexibility index (Phi) is 5.20. The molecule has 7 heteroatoms. The highest BCUT2D eigenvalue weighted by molar-refractivity contribution is 5.94. The van der Waals surface area contributed by atoms with Crippen molar-refractivity contribution in [3.63, 3.8) is 0 Å². The summed E-state index contributed by atoms with van der Waals surface area (Å²) in [4.78, 5) is 19.0. The third-order valence-corrected chi connectivity index (χ3v) is 4.69. The molecule has 3 heterocycles. The first-order valence-corrected chi connectivity index (χ1v) is 9.05. The number of pyridine rings is 1. The van der Waals surface area contributed by atoms with Crippen LogP contribution in [0.2, 0.25) is 0 Å². The van der Waals surface area contributed by atoms with Gasteiger partial charge in [-0.25, -0.2) is 0 Å². The molecule has 0 N–H and O–H groups in total. The Labute approximate surface area is 157 Å². The highest BCUT2D eigenvalue weighted by Crippen LogP contribution is 2.18. The van der Waals surface area contributed by atoms with Crippen LogP contribution in [0.1, 0.15) is 28.9 Å². The van der Waals surface area contributed by atoms with Crippen molar-refractivity contribution < 1.29 is 9.53 Å². The van der Waals surface area contributed by atoms with Gasteiger partial charge in [0.05, 0.1) is 18.4 Å². The molecule has 1 aliphatic heterocycles. The number of aromatic nitrogens is 4. The van der Waals surface area contributed by atoms with E-state index in [9.17, 15) is 4.79 Å². The zero-order chi connectivity index (χ0) is 18.5. The van der Waals surface area contributed by atoms with E-state index in [4.69, 9.17) is 4.74 Å². The van der Waals surface area contributed by atoms with Gasteiger partial charge in [-0.15, -0.1) is 10.2 Å². The van der Waals surface area contributed by atoms with Gasteiger partial charge < -0.3 is 9.64 Å². The van der Waals surface area contributed by atoms with Crippen LogP contribution in [0.25, 0.3) is 5.69 Å². The number of benzene rings is 1. The maximum absolute atomic E-state index is 12.8. The minimum atomic E-state index is 0.0384. The standard InChI is InChI=1S/C20H21N5O2/c26-20(16-6-8-18(9-7-16)25-14-22-23-15-25)24-11-3-5-19(12-24)27-13-17-4-1-2-10-21-17/h1-2,4,6-10,14-15,19H,3,5,11-13H2. The fourth-order valence-corrected chi connectivity index (χ4v) is 3.24. The van der Waals surface area contributed by atoms with Crippen molar-refractivity contribution in [3.8, 4) is 5.69 Å². The van der Waals surface area contributed by atoms with E-state index >= 15 is 0 Å². The number of likely N-dealkylation sites (tertiary alicyclic amines) is 1. The van der Waals surface area contributed by atoms with E-state index in [0.717, 1.165) is 30.8 Å². The first-order chi connectivity index (χ1) is 13.3. The Balaban J connectivity index is 1.36. The van der Waals surface area contributed by atoms with E-state index in [1.807, 2.05) is 47.4 Å². The molecule has 27 heavy (non-hydrogen) atoms. The summed E-state index contributed by atoms with van der Waals surface area (Å²) in [5.41, 5.74) is 2.51. The highest BCUT2D eigenvalue weighted by Gasteiger charge is 2.25.